The molecule has 2 saturated carbocycles. The monoisotopic (exact) mass is 188 g/mol. The molecule has 1 aromatic rings. The van der Waals surface area contributed by atoms with E-state index in [4.69, 9.17) is 0 Å². The largest absolute Gasteiger partial charge is 0.385 e. The molecule has 74 valence electrons. The van der Waals surface area contributed by atoms with Gasteiger partial charge in [-0.15, -0.1) is 0 Å². The molecule has 0 unspecified atom stereocenters. The lowest BCUT2D eigenvalue weighted by Crippen LogP contribution is -2.09. The molecule has 3 rings (SSSR count). The van der Waals surface area contributed by atoms with Crippen LogP contribution in [0.4, 0.5) is 0 Å². The van der Waals surface area contributed by atoms with Gasteiger partial charge in [0.25, 0.3) is 0 Å². The molecule has 2 fully saturated rings. The lowest BCUT2D eigenvalue weighted by atomic mass is 9.80. The van der Waals surface area contributed by atoms with Crippen molar-refractivity contribution in [3.05, 3.63) is 35.4 Å². The molecule has 0 atom stereocenters. The number of hydrogen-bond acceptors (Lipinski definition) is 1. The van der Waals surface area contributed by atoms with Crippen LogP contribution in [0, 0.1) is 0 Å². The predicted octanol–water partition coefficient (Wildman–Crippen LogP) is 2.94. The van der Waals surface area contributed by atoms with Crippen LogP contribution in [0.15, 0.2) is 24.3 Å². The van der Waals surface area contributed by atoms with Gasteiger partial charge in [-0.25, -0.2) is 0 Å². The Hall–Kier alpha value is -0.820. The van der Waals surface area contributed by atoms with Gasteiger partial charge in [0.05, 0.1) is 5.60 Å². The minimum absolute atomic E-state index is 0.460. The van der Waals surface area contributed by atoms with Crippen molar-refractivity contribution in [2.24, 2.45) is 0 Å². The highest BCUT2D eigenvalue weighted by atomic mass is 16.3. The van der Waals surface area contributed by atoms with Gasteiger partial charge in [0.1, 0.15) is 0 Å². The van der Waals surface area contributed by atoms with Gasteiger partial charge in [-0.05, 0) is 42.7 Å². The van der Waals surface area contributed by atoms with Gasteiger partial charge in [0, 0.05) is 0 Å². The Morgan fingerprint density at radius 1 is 1.07 bits per heavy atom. The Morgan fingerprint density at radius 3 is 2.14 bits per heavy atom. The van der Waals surface area contributed by atoms with E-state index in [1.165, 1.54) is 24.8 Å². The first kappa shape index (κ1) is 8.49. The van der Waals surface area contributed by atoms with Gasteiger partial charge in [0.2, 0.25) is 0 Å². The van der Waals surface area contributed by atoms with Gasteiger partial charge < -0.3 is 5.11 Å². The molecular weight excluding hydrogens is 172 g/mol. The van der Waals surface area contributed by atoms with E-state index in [0.29, 0.717) is 0 Å². The van der Waals surface area contributed by atoms with Crippen LogP contribution >= 0.6 is 0 Å². The van der Waals surface area contributed by atoms with Crippen LogP contribution in [0.5, 0.6) is 0 Å². The fourth-order valence-electron chi connectivity index (χ4n) is 2.21. The molecule has 0 spiro atoms. The summed E-state index contributed by atoms with van der Waals surface area (Å²) < 4.78 is 0. The lowest BCUT2D eigenvalue weighted by Gasteiger charge is -2.26. The van der Waals surface area contributed by atoms with Crippen LogP contribution in [-0.4, -0.2) is 5.11 Å². The van der Waals surface area contributed by atoms with E-state index in [9.17, 15) is 5.11 Å². The molecule has 2 aliphatic carbocycles. The Bertz CT molecular complexity index is 331. The van der Waals surface area contributed by atoms with E-state index < -0.39 is 5.60 Å². The first-order valence-corrected chi connectivity index (χ1v) is 5.61. The van der Waals surface area contributed by atoms with Crippen molar-refractivity contribution in [1.82, 2.24) is 0 Å². The summed E-state index contributed by atoms with van der Waals surface area (Å²) in [6.45, 7) is 0. The van der Waals surface area contributed by atoms with Gasteiger partial charge >= 0.3 is 0 Å². The molecule has 0 heterocycles. The fourth-order valence-corrected chi connectivity index (χ4v) is 2.21. The van der Waals surface area contributed by atoms with Gasteiger partial charge in [-0.1, -0.05) is 30.7 Å². The molecule has 0 aromatic heterocycles. The van der Waals surface area contributed by atoms with E-state index in [1.54, 1.807) is 0 Å². The van der Waals surface area contributed by atoms with E-state index in [0.717, 1.165) is 24.3 Å². The third-order valence-electron chi connectivity index (χ3n) is 3.75. The highest BCUT2D eigenvalue weighted by Gasteiger charge is 2.41. The number of benzene rings is 1. The van der Waals surface area contributed by atoms with Crippen molar-refractivity contribution in [2.75, 3.05) is 0 Å². The van der Waals surface area contributed by atoms with E-state index in [2.05, 4.69) is 24.3 Å². The molecule has 2 aliphatic rings. The molecule has 0 aliphatic heterocycles. The van der Waals surface area contributed by atoms with Crippen molar-refractivity contribution in [2.45, 2.75) is 43.6 Å². The third kappa shape index (κ3) is 1.27. The minimum Gasteiger partial charge on any atom is -0.385 e. The zero-order valence-electron chi connectivity index (χ0n) is 8.37. The summed E-state index contributed by atoms with van der Waals surface area (Å²) in [5.41, 5.74) is 2.11. The molecule has 1 aromatic carbocycles. The second kappa shape index (κ2) is 2.83. The molecular formula is C13H16O. The summed E-state index contributed by atoms with van der Waals surface area (Å²) in [4.78, 5) is 0. The standard InChI is InChI=1S/C13H16O/c14-13(8-9-13)12-6-4-11(5-7-12)10-2-1-3-10/h4-7,10,14H,1-3,8-9H2. The quantitative estimate of drug-likeness (QED) is 0.756. The average molecular weight is 188 g/mol. The molecule has 0 radical (unpaired) electrons. The van der Waals surface area contributed by atoms with Crippen LogP contribution in [-0.2, 0) is 5.60 Å². The van der Waals surface area contributed by atoms with Crippen LogP contribution in [0.3, 0.4) is 0 Å². The summed E-state index contributed by atoms with van der Waals surface area (Å²) in [5.74, 6) is 0.804. The topological polar surface area (TPSA) is 20.2 Å². The van der Waals surface area contributed by atoms with E-state index in [-0.39, 0.29) is 0 Å². The third-order valence-corrected chi connectivity index (χ3v) is 3.75. The van der Waals surface area contributed by atoms with Crippen molar-refractivity contribution >= 4 is 0 Å². The maximum Gasteiger partial charge on any atom is 0.0899 e. The van der Waals surface area contributed by atoms with Gasteiger partial charge in [-0.3, -0.25) is 0 Å². The number of rotatable bonds is 2. The predicted molar refractivity (Wildman–Crippen MR) is 56.2 cm³/mol. The lowest BCUT2D eigenvalue weighted by molar-refractivity contribution is 0.151. The zero-order chi connectivity index (χ0) is 9.60. The SMILES string of the molecule is OC1(c2ccc(C3CCC3)cc2)CC1. The maximum absolute atomic E-state index is 9.90. The first-order chi connectivity index (χ1) is 6.78. The smallest absolute Gasteiger partial charge is 0.0899 e. The number of aliphatic hydroxyl groups is 1. The Balaban J connectivity index is 1.83. The molecule has 0 bridgehead atoms. The summed E-state index contributed by atoms with van der Waals surface area (Å²) in [5, 5.41) is 9.90. The van der Waals surface area contributed by atoms with Crippen LogP contribution in [0.2, 0.25) is 0 Å². The van der Waals surface area contributed by atoms with Crippen LogP contribution < -0.4 is 0 Å². The molecule has 1 nitrogen and oxygen atoms in total. The van der Waals surface area contributed by atoms with Crippen molar-refractivity contribution in [1.29, 1.82) is 0 Å². The van der Waals surface area contributed by atoms with Crippen molar-refractivity contribution < 1.29 is 5.11 Å². The van der Waals surface area contributed by atoms with Crippen molar-refractivity contribution in [3.63, 3.8) is 0 Å². The minimum atomic E-state index is -0.460. The summed E-state index contributed by atoms with van der Waals surface area (Å²) in [6, 6.07) is 8.63. The first-order valence-electron chi connectivity index (χ1n) is 5.61. The molecule has 0 amide bonds. The highest BCUT2D eigenvalue weighted by Crippen LogP contribution is 2.45. The zero-order valence-corrected chi connectivity index (χ0v) is 8.37. The Morgan fingerprint density at radius 2 is 1.71 bits per heavy atom. The summed E-state index contributed by atoms with van der Waals surface area (Å²) >= 11 is 0. The van der Waals surface area contributed by atoms with E-state index >= 15 is 0 Å². The van der Waals surface area contributed by atoms with Crippen LogP contribution in [0.25, 0.3) is 0 Å². The van der Waals surface area contributed by atoms with Crippen LogP contribution in [0.1, 0.15) is 49.1 Å². The fraction of sp³-hybridized carbons (Fsp3) is 0.538. The maximum atomic E-state index is 9.90. The Labute approximate surface area is 84.8 Å². The van der Waals surface area contributed by atoms with Gasteiger partial charge in [0.15, 0.2) is 0 Å². The summed E-state index contributed by atoms with van der Waals surface area (Å²) in [6.07, 6.45) is 5.97. The normalized spacial score (nSPS) is 24.4. The average Bonchev–Trinajstić information content (AvgIpc) is 2.83. The van der Waals surface area contributed by atoms with Gasteiger partial charge in [-0.2, -0.15) is 0 Å². The molecule has 14 heavy (non-hydrogen) atoms. The second-order valence-corrected chi connectivity index (χ2v) is 4.78. The molecule has 1 heteroatoms. The second-order valence-electron chi connectivity index (χ2n) is 4.78. The highest BCUT2D eigenvalue weighted by molar-refractivity contribution is 5.32. The summed E-state index contributed by atoms with van der Waals surface area (Å²) in [7, 11) is 0. The molecule has 0 saturated heterocycles. The van der Waals surface area contributed by atoms with Crippen molar-refractivity contribution in [3.8, 4) is 0 Å². The number of hydrogen-bond donors (Lipinski definition) is 1. The molecule has 1 N–H and O–H groups in total. The van der Waals surface area contributed by atoms with E-state index in [1.807, 2.05) is 0 Å². The Kier molecular flexibility index (Phi) is 1.72.